The van der Waals surface area contributed by atoms with Crippen LogP contribution >= 0.6 is 0 Å². The Morgan fingerprint density at radius 3 is 2.31 bits per heavy atom. The topological polar surface area (TPSA) is 69.6 Å². The zero-order valence-corrected chi connectivity index (χ0v) is 14.1. The highest BCUT2D eigenvalue weighted by atomic mass is 19.1. The number of rotatable bonds is 3. The Morgan fingerprint density at radius 1 is 1.00 bits per heavy atom. The Balaban J connectivity index is 1.42. The molecular weight excluding hydrogens is 337 g/mol. The number of hydrogen-bond donors (Lipinski definition) is 0. The number of nitrogens with zero attached hydrogens (tertiary/aromatic N) is 5. The van der Waals surface area contributed by atoms with Gasteiger partial charge in [-0.2, -0.15) is 0 Å². The van der Waals surface area contributed by atoms with Crippen LogP contribution in [0.1, 0.15) is 12.8 Å². The zero-order valence-electron chi connectivity index (χ0n) is 14.1. The predicted octanol–water partition coefficient (Wildman–Crippen LogP) is 2.05. The van der Waals surface area contributed by atoms with Crippen molar-refractivity contribution in [2.24, 2.45) is 0 Å². The first kappa shape index (κ1) is 16.4. The first-order valence-corrected chi connectivity index (χ1v) is 8.54. The number of amides is 3. The van der Waals surface area contributed by atoms with E-state index in [-0.39, 0.29) is 24.5 Å². The fraction of sp³-hybridized carbons (Fsp3) is 0.333. The molecule has 7 nitrogen and oxygen atoms in total. The van der Waals surface area contributed by atoms with Crippen molar-refractivity contribution in [3.8, 4) is 0 Å². The third-order valence-corrected chi connectivity index (χ3v) is 4.80. The highest BCUT2D eigenvalue weighted by molar-refractivity contribution is 6.19. The number of benzene rings is 1. The maximum atomic E-state index is 13.0. The van der Waals surface area contributed by atoms with Gasteiger partial charge in [-0.3, -0.25) is 4.79 Å². The van der Waals surface area contributed by atoms with Crippen LogP contribution in [0, 0.1) is 5.82 Å². The normalized spacial score (nSPS) is 18.7. The molecule has 134 valence electrons. The molecule has 3 amide bonds. The molecule has 0 aliphatic carbocycles. The summed E-state index contributed by atoms with van der Waals surface area (Å²) in [4.78, 5) is 38.0. The summed E-state index contributed by atoms with van der Waals surface area (Å²) < 4.78 is 13.0. The van der Waals surface area contributed by atoms with Crippen LogP contribution in [0.25, 0.3) is 0 Å². The summed E-state index contributed by atoms with van der Waals surface area (Å²) in [6, 6.07) is 8.70. The van der Waals surface area contributed by atoms with Crippen molar-refractivity contribution < 1.29 is 14.0 Å². The molecule has 0 bridgehead atoms. The molecule has 3 heterocycles. The zero-order chi connectivity index (χ0) is 18.1. The number of aromatic nitrogens is 2. The molecular formula is C18H18FN5O2. The Morgan fingerprint density at radius 2 is 1.65 bits per heavy atom. The summed E-state index contributed by atoms with van der Waals surface area (Å²) in [6.45, 7) is 1.41. The number of anilines is 2. The summed E-state index contributed by atoms with van der Waals surface area (Å²) in [7, 11) is 0. The minimum absolute atomic E-state index is 0.00291. The molecule has 1 aromatic carbocycles. The van der Waals surface area contributed by atoms with E-state index in [1.165, 1.54) is 4.90 Å². The van der Waals surface area contributed by atoms with Crippen molar-refractivity contribution in [2.45, 2.75) is 18.9 Å². The van der Waals surface area contributed by atoms with Crippen LogP contribution in [-0.2, 0) is 4.79 Å². The van der Waals surface area contributed by atoms with Crippen molar-refractivity contribution in [1.29, 1.82) is 0 Å². The van der Waals surface area contributed by atoms with E-state index in [1.807, 2.05) is 11.0 Å². The number of imide groups is 1. The average Bonchev–Trinajstić information content (AvgIpc) is 2.97. The van der Waals surface area contributed by atoms with E-state index in [1.54, 1.807) is 29.2 Å². The highest BCUT2D eigenvalue weighted by Gasteiger charge is 2.41. The maximum absolute atomic E-state index is 13.0. The summed E-state index contributed by atoms with van der Waals surface area (Å²) in [5.74, 6) is -0.184. The molecule has 0 atom stereocenters. The van der Waals surface area contributed by atoms with Crippen molar-refractivity contribution in [1.82, 2.24) is 14.9 Å². The number of piperidine rings is 1. The van der Waals surface area contributed by atoms with Gasteiger partial charge in [0, 0.05) is 19.1 Å². The van der Waals surface area contributed by atoms with E-state index in [0.717, 1.165) is 12.4 Å². The van der Waals surface area contributed by atoms with Gasteiger partial charge in [0.25, 0.3) is 5.91 Å². The van der Waals surface area contributed by atoms with Gasteiger partial charge in [0.1, 0.15) is 6.54 Å². The molecule has 26 heavy (non-hydrogen) atoms. The second-order valence-electron chi connectivity index (χ2n) is 6.39. The standard InChI is InChI=1S/C18H18FN5O2/c19-13-10-20-17(21-11-13)22-8-6-14(7-9-22)23-12-16(25)24(18(23)26)15-4-2-1-3-5-15/h1-5,10-11,14H,6-9,12H2. The van der Waals surface area contributed by atoms with Crippen LogP contribution in [0.4, 0.5) is 20.8 Å². The lowest BCUT2D eigenvalue weighted by Gasteiger charge is -2.36. The Labute approximate surface area is 150 Å². The molecule has 2 saturated heterocycles. The van der Waals surface area contributed by atoms with Crippen molar-refractivity contribution in [3.63, 3.8) is 0 Å². The first-order valence-electron chi connectivity index (χ1n) is 8.54. The number of hydrogen-bond acceptors (Lipinski definition) is 5. The van der Waals surface area contributed by atoms with Crippen molar-refractivity contribution in [3.05, 3.63) is 48.5 Å². The number of carbonyl (C=O) groups excluding carboxylic acids is 2. The Kier molecular flexibility index (Phi) is 4.24. The first-order chi connectivity index (χ1) is 12.6. The average molecular weight is 355 g/mol. The van der Waals surface area contributed by atoms with Gasteiger partial charge in [-0.25, -0.2) is 24.1 Å². The maximum Gasteiger partial charge on any atom is 0.332 e. The third-order valence-electron chi connectivity index (χ3n) is 4.80. The van der Waals surface area contributed by atoms with Gasteiger partial charge in [-0.1, -0.05) is 18.2 Å². The largest absolute Gasteiger partial charge is 0.341 e. The van der Waals surface area contributed by atoms with Gasteiger partial charge in [0.15, 0.2) is 5.82 Å². The van der Waals surface area contributed by atoms with Crippen LogP contribution in [0.3, 0.4) is 0 Å². The molecule has 2 aliphatic rings. The smallest absolute Gasteiger partial charge is 0.332 e. The van der Waals surface area contributed by atoms with Crippen molar-refractivity contribution in [2.75, 3.05) is 29.4 Å². The lowest BCUT2D eigenvalue weighted by atomic mass is 10.0. The summed E-state index contributed by atoms with van der Waals surface area (Å²) in [5.41, 5.74) is 0.599. The summed E-state index contributed by atoms with van der Waals surface area (Å²) in [5, 5.41) is 0. The van der Waals surface area contributed by atoms with E-state index in [9.17, 15) is 14.0 Å². The number of halogens is 1. The summed E-state index contributed by atoms with van der Waals surface area (Å²) >= 11 is 0. The van der Waals surface area contributed by atoms with Gasteiger partial charge < -0.3 is 9.80 Å². The van der Waals surface area contributed by atoms with Gasteiger partial charge >= 0.3 is 6.03 Å². The fourth-order valence-corrected chi connectivity index (χ4v) is 3.48. The number of para-hydroxylation sites is 1. The molecule has 0 spiro atoms. The molecule has 2 aliphatic heterocycles. The lowest BCUT2D eigenvalue weighted by molar-refractivity contribution is -0.116. The Bertz CT molecular complexity index is 806. The van der Waals surface area contributed by atoms with Crippen LogP contribution in [-0.4, -0.2) is 52.5 Å². The van der Waals surface area contributed by atoms with Crippen LogP contribution in [0.5, 0.6) is 0 Å². The highest BCUT2D eigenvalue weighted by Crippen LogP contribution is 2.27. The van der Waals surface area contributed by atoms with Crippen LogP contribution in [0.2, 0.25) is 0 Å². The number of carbonyl (C=O) groups is 2. The van der Waals surface area contributed by atoms with Gasteiger partial charge in [0.05, 0.1) is 18.1 Å². The Hall–Kier alpha value is -3.03. The molecule has 2 fully saturated rings. The van der Waals surface area contributed by atoms with E-state index >= 15 is 0 Å². The SMILES string of the molecule is O=C1CN(C2CCN(c3ncc(F)cn3)CC2)C(=O)N1c1ccccc1. The van der Waals surface area contributed by atoms with Gasteiger partial charge in [-0.15, -0.1) is 0 Å². The second kappa shape index (κ2) is 6.70. The van der Waals surface area contributed by atoms with Gasteiger partial charge in [0.2, 0.25) is 5.95 Å². The molecule has 2 aromatic rings. The minimum atomic E-state index is -0.467. The van der Waals surface area contributed by atoms with Gasteiger partial charge in [-0.05, 0) is 25.0 Å². The monoisotopic (exact) mass is 355 g/mol. The van der Waals surface area contributed by atoms with Crippen molar-refractivity contribution >= 4 is 23.6 Å². The number of urea groups is 1. The quantitative estimate of drug-likeness (QED) is 0.788. The molecule has 8 heteroatoms. The van der Waals surface area contributed by atoms with Crippen LogP contribution < -0.4 is 9.80 Å². The van der Waals surface area contributed by atoms with E-state index in [2.05, 4.69) is 9.97 Å². The third kappa shape index (κ3) is 2.98. The minimum Gasteiger partial charge on any atom is -0.341 e. The fourth-order valence-electron chi connectivity index (χ4n) is 3.48. The predicted molar refractivity (Wildman–Crippen MR) is 93.3 cm³/mol. The van der Waals surface area contributed by atoms with Crippen LogP contribution in [0.15, 0.2) is 42.7 Å². The van der Waals surface area contributed by atoms with E-state index in [4.69, 9.17) is 0 Å². The molecule has 0 saturated carbocycles. The lowest BCUT2D eigenvalue weighted by Crippen LogP contribution is -2.47. The second-order valence-corrected chi connectivity index (χ2v) is 6.39. The molecule has 0 N–H and O–H groups in total. The van der Waals surface area contributed by atoms with E-state index < -0.39 is 5.82 Å². The molecule has 0 unspecified atom stereocenters. The summed E-state index contributed by atoms with van der Waals surface area (Å²) in [6.07, 6.45) is 3.72. The van der Waals surface area contributed by atoms with E-state index in [0.29, 0.717) is 37.6 Å². The molecule has 1 aromatic heterocycles. The molecule has 0 radical (unpaired) electrons. The molecule has 4 rings (SSSR count).